The molecule has 0 aromatic heterocycles. The molecule has 0 unspecified atom stereocenters. The van der Waals surface area contributed by atoms with Gasteiger partial charge in [0, 0.05) is 30.8 Å². The molecule has 2 aliphatic rings. The zero-order valence-electron chi connectivity index (χ0n) is 15.2. The van der Waals surface area contributed by atoms with Gasteiger partial charge in [-0.25, -0.2) is 0 Å². The van der Waals surface area contributed by atoms with Gasteiger partial charge in [0.2, 0.25) is 11.8 Å². The van der Waals surface area contributed by atoms with Crippen LogP contribution >= 0.6 is 0 Å². The summed E-state index contributed by atoms with van der Waals surface area (Å²) in [6.07, 6.45) is 0.900. The van der Waals surface area contributed by atoms with E-state index in [0.29, 0.717) is 31.2 Å². The number of amides is 2. The molecule has 4 rings (SSSR count). The number of carbonyl (C=O) groups is 2. The summed E-state index contributed by atoms with van der Waals surface area (Å²) in [4.78, 5) is 27.3. The summed E-state index contributed by atoms with van der Waals surface area (Å²) in [5, 5.41) is 2.85. The number of benzene rings is 2. The number of nitrogens with zero attached hydrogens (tertiary/aromatic N) is 1. The first-order valence-corrected chi connectivity index (χ1v) is 9.13. The van der Waals surface area contributed by atoms with Crippen LogP contribution in [-0.4, -0.2) is 37.0 Å². The quantitative estimate of drug-likeness (QED) is 0.887. The predicted molar refractivity (Wildman–Crippen MR) is 101 cm³/mol. The first-order chi connectivity index (χ1) is 13.2. The number of hydrogen-bond donors (Lipinski definition) is 1. The Morgan fingerprint density at radius 1 is 1.22 bits per heavy atom. The van der Waals surface area contributed by atoms with Crippen LogP contribution in [0.2, 0.25) is 0 Å². The average Bonchev–Trinajstić information content (AvgIpc) is 2.67. The normalized spacial score (nSPS) is 18.9. The van der Waals surface area contributed by atoms with Crippen LogP contribution in [0.25, 0.3) is 0 Å². The molecular weight excluding hydrogens is 344 g/mol. The molecule has 0 radical (unpaired) electrons. The van der Waals surface area contributed by atoms with E-state index in [4.69, 9.17) is 9.47 Å². The second-order valence-electron chi connectivity index (χ2n) is 6.80. The van der Waals surface area contributed by atoms with Gasteiger partial charge in [-0.15, -0.1) is 0 Å². The molecule has 2 aromatic rings. The number of fused-ring (bicyclic) bond motifs is 2. The van der Waals surface area contributed by atoms with Crippen molar-refractivity contribution in [2.75, 3.05) is 25.6 Å². The van der Waals surface area contributed by atoms with E-state index in [1.807, 2.05) is 47.4 Å². The van der Waals surface area contributed by atoms with Crippen molar-refractivity contribution in [3.05, 3.63) is 53.6 Å². The molecule has 140 valence electrons. The smallest absolute Gasteiger partial charge is 0.231 e. The molecule has 2 amide bonds. The molecule has 0 spiro atoms. The van der Waals surface area contributed by atoms with Crippen LogP contribution in [0.5, 0.6) is 11.5 Å². The number of ether oxygens (including phenoxy) is 2. The van der Waals surface area contributed by atoms with Gasteiger partial charge in [0.05, 0.1) is 19.6 Å². The summed E-state index contributed by atoms with van der Waals surface area (Å²) in [5.74, 6) is 0.769. The Kier molecular flexibility index (Phi) is 4.71. The van der Waals surface area contributed by atoms with E-state index in [-0.39, 0.29) is 18.2 Å². The minimum absolute atomic E-state index is 0.0204. The van der Waals surface area contributed by atoms with Crippen molar-refractivity contribution in [1.82, 2.24) is 4.90 Å². The predicted octanol–water partition coefficient (Wildman–Crippen LogP) is 2.93. The highest BCUT2D eigenvalue weighted by Gasteiger charge is 2.34. The monoisotopic (exact) mass is 366 g/mol. The fraction of sp³-hybridized carbons (Fsp3) is 0.333. The Balaban J connectivity index is 1.65. The SMILES string of the molecule is COc1cccc2c1OCCCN(C(=O)[C@@H]1CC(=O)Nc3ccccc31)C2. The summed E-state index contributed by atoms with van der Waals surface area (Å²) in [6, 6.07) is 13.2. The molecule has 0 fully saturated rings. The van der Waals surface area contributed by atoms with E-state index >= 15 is 0 Å². The van der Waals surface area contributed by atoms with Gasteiger partial charge in [0.1, 0.15) is 0 Å². The Hall–Kier alpha value is -3.02. The van der Waals surface area contributed by atoms with Gasteiger partial charge in [0.15, 0.2) is 11.5 Å². The lowest BCUT2D eigenvalue weighted by atomic mass is 9.89. The molecule has 0 saturated carbocycles. The molecule has 1 N–H and O–H groups in total. The van der Waals surface area contributed by atoms with E-state index in [9.17, 15) is 9.59 Å². The third-order valence-corrected chi connectivity index (χ3v) is 5.07. The molecule has 6 heteroatoms. The van der Waals surface area contributed by atoms with Crippen molar-refractivity contribution in [2.24, 2.45) is 0 Å². The number of nitrogens with one attached hydrogen (secondary N) is 1. The third-order valence-electron chi connectivity index (χ3n) is 5.07. The van der Waals surface area contributed by atoms with Crippen LogP contribution in [0.15, 0.2) is 42.5 Å². The molecule has 1 atom stereocenters. The van der Waals surface area contributed by atoms with Gasteiger partial charge in [-0.3, -0.25) is 9.59 Å². The molecule has 2 aromatic carbocycles. The van der Waals surface area contributed by atoms with Gasteiger partial charge in [-0.1, -0.05) is 30.3 Å². The lowest BCUT2D eigenvalue weighted by molar-refractivity contribution is -0.135. The third kappa shape index (κ3) is 3.35. The number of para-hydroxylation sites is 2. The van der Waals surface area contributed by atoms with Crippen LogP contribution in [0.3, 0.4) is 0 Å². The summed E-state index contributed by atoms with van der Waals surface area (Å²) in [7, 11) is 1.61. The van der Waals surface area contributed by atoms with Crippen molar-refractivity contribution < 1.29 is 19.1 Å². The highest BCUT2D eigenvalue weighted by Crippen LogP contribution is 2.36. The van der Waals surface area contributed by atoms with Crippen molar-refractivity contribution >= 4 is 17.5 Å². The fourth-order valence-electron chi connectivity index (χ4n) is 3.76. The maximum atomic E-state index is 13.4. The van der Waals surface area contributed by atoms with E-state index < -0.39 is 5.92 Å². The Bertz CT molecular complexity index is 880. The minimum Gasteiger partial charge on any atom is -0.493 e. The lowest BCUT2D eigenvalue weighted by Gasteiger charge is -2.32. The minimum atomic E-state index is -0.454. The molecular formula is C21H22N2O4. The molecule has 2 aliphatic heterocycles. The molecule has 27 heavy (non-hydrogen) atoms. The molecule has 2 heterocycles. The summed E-state index contributed by atoms with van der Waals surface area (Å²) in [6.45, 7) is 1.54. The second kappa shape index (κ2) is 7.31. The summed E-state index contributed by atoms with van der Waals surface area (Å²) < 4.78 is 11.3. The van der Waals surface area contributed by atoms with Crippen molar-refractivity contribution in [3.8, 4) is 11.5 Å². The van der Waals surface area contributed by atoms with E-state index in [1.54, 1.807) is 7.11 Å². The number of anilines is 1. The number of hydrogen-bond acceptors (Lipinski definition) is 4. The van der Waals surface area contributed by atoms with E-state index in [1.165, 1.54) is 0 Å². The fourth-order valence-corrected chi connectivity index (χ4v) is 3.76. The Morgan fingerprint density at radius 3 is 2.93 bits per heavy atom. The van der Waals surface area contributed by atoms with Gasteiger partial charge >= 0.3 is 0 Å². The zero-order chi connectivity index (χ0) is 18.8. The Labute approximate surface area is 158 Å². The van der Waals surface area contributed by atoms with Gasteiger partial charge in [-0.2, -0.15) is 0 Å². The van der Waals surface area contributed by atoms with Crippen molar-refractivity contribution in [3.63, 3.8) is 0 Å². The lowest BCUT2D eigenvalue weighted by Crippen LogP contribution is -2.39. The van der Waals surface area contributed by atoms with Crippen molar-refractivity contribution in [2.45, 2.75) is 25.3 Å². The first kappa shape index (κ1) is 17.4. The van der Waals surface area contributed by atoms with Gasteiger partial charge < -0.3 is 19.7 Å². The largest absolute Gasteiger partial charge is 0.493 e. The molecule has 0 saturated heterocycles. The number of carbonyl (C=O) groups excluding carboxylic acids is 2. The Morgan fingerprint density at radius 2 is 2.07 bits per heavy atom. The summed E-state index contributed by atoms with van der Waals surface area (Å²) >= 11 is 0. The van der Waals surface area contributed by atoms with Crippen LogP contribution < -0.4 is 14.8 Å². The van der Waals surface area contributed by atoms with Crippen LogP contribution in [0, 0.1) is 0 Å². The maximum Gasteiger partial charge on any atom is 0.231 e. The maximum absolute atomic E-state index is 13.4. The first-order valence-electron chi connectivity index (χ1n) is 9.13. The molecule has 6 nitrogen and oxygen atoms in total. The van der Waals surface area contributed by atoms with Gasteiger partial charge in [-0.05, 0) is 24.1 Å². The van der Waals surface area contributed by atoms with Crippen LogP contribution in [0.4, 0.5) is 5.69 Å². The van der Waals surface area contributed by atoms with Crippen molar-refractivity contribution in [1.29, 1.82) is 0 Å². The summed E-state index contributed by atoms with van der Waals surface area (Å²) in [5.41, 5.74) is 2.52. The van der Waals surface area contributed by atoms with Crippen LogP contribution in [-0.2, 0) is 16.1 Å². The highest BCUT2D eigenvalue weighted by molar-refractivity contribution is 6.01. The highest BCUT2D eigenvalue weighted by atomic mass is 16.5. The molecule has 0 aliphatic carbocycles. The van der Waals surface area contributed by atoms with E-state index in [0.717, 1.165) is 23.2 Å². The second-order valence-corrected chi connectivity index (χ2v) is 6.80. The molecule has 0 bridgehead atoms. The zero-order valence-corrected chi connectivity index (χ0v) is 15.2. The topological polar surface area (TPSA) is 67.9 Å². The van der Waals surface area contributed by atoms with E-state index in [2.05, 4.69) is 5.32 Å². The van der Waals surface area contributed by atoms with Gasteiger partial charge in [0.25, 0.3) is 0 Å². The van der Waals surface area contributed by atoms with Crippen LogP contribution in [0.1, 0.15) is 29.9 Å². The standard InChI is InChI=1S/C21H22N2O4/c1-26-18-9-4-6-14-13-23(10-5-11-27-20(14)18)21(25)16-12-19(24)22-17-8-3-2-7-15(16)17/h2-4,6-9,16H,5,10-13H2,1H3,(H,22,24)/t16-/m1/s1. The average molecular weight is 366 g/mol. The number of methoxy groups -OCH3 is 1. The number of rotatable bonds is 2.